The number of carbonyl (C=O) groups excluding carboxylic acids is 1. The lowest BCUT2D eigenvalue weighted by atomic mass is 10.0. The maximum absolute atomic E-state index is 12.2. The van der Waals surface area contributed by atoms with Crippen molar-refractivity contribution in [2.75, 3.05) is 5.32 Å². The van der Waals surface area contributed by atoms with E-state index < -0.39 is 5.97 Å². The van der Waals surface area contributed by atoms with Gasteiger partial charge >= 0.3 is 5.97 Å². The van der Waals surface area contributed by atoms with Crippen LogP contribution in [-0.2, 0) is 4.79 Å². The summed E-state index contributed by atoms with van der Waals surface area (Å²) in [7, 11) is 0. The summed E-state index contributed by atoms with van der Waals surface area (Å²) >= 11 is 0. The number of benzene rings is 2. The Labute approximate surface area is 136 Å². The van der Waals surface area contributed by atoms with Crippen molar-refractivity contribution in [2.24, 2.45) is 0 Å². The molecule has 6 nitrogen and oxygen atoms in total. The Bertz CT molecular complexity index is 1050. The molecule has 0 unspecified atom stereocenters. The molecular formula is C18H12N2O4. The number of aromatic carboxylic acids is 1. The van der Waals surface area contributed by atoms with Crippen LogP contribution in [0.5, 0.6) is 5.75 Å². The molecule has 1 aromatic heterocycles. The van der Waals surface area contributed by atoms with Crippen LogP contribution in [0, 0.1) is 0 Å². The van der Waals surface area contributed by atoms with Gasteiger partial charge in [0.2, 0.25) is 0 Å². The zero-order valence-electron chi connectivity index (χ0n) is 12.3. The lowest BCUT2D eigenvalue weighted by molar-refractivity contribution is -0.110. The number of hydrogen-bond acceptors (Lipinski definition) is 3. The van der Waals surface area contributed by atoms with Gasteiger partial charge in [-0.15, -0.1) is 0 Å². The molecule has 2 aromatic carbocycles. The Morgan fingerprint density at radius 1 is 1.12 bits per heavy atom. The predicted molar refractivity (Wildman–Crippen MR) is 89.9 cm³/mol. The summed E-state index contributed by atoms with van der Waals surface area (Å²) < 4.78 is 0. The number of rotatable bonds is 2. The minimum Gasteiger partial charge on any atom is -0.508 e. The minimum atomic E-state index is -1.01. The van der Waals surface area contributed by atoms with E-state index >= 15 is 0 Å². The summed E-state index contributed by atoms with van der Waals surface area (Å²) in [4.78, 5) is 26.4. The SMILES string of the molecule is O=C1Nc2ccc(O)cc2C1=Cc1c[nH]c2ccc(C(=O)O)cc12. The van der Waals surface area contributed by atoms with Gasteiger partial charge in [0, 0.05) is 39.5 Å². The number of fused-ring (bicyclic) bond motifs is 2. The van der Waals surface area contributed by atoms with Crippen molar-refractivity contribution in [3.63, 3.8) is 0 Å². The van der Waals surface area contributed by atoms with E-state index in [1.807, 2.05) is 0 Å². The average molecular weight is 320 g/mol. The Morgan fingerprint density at radius 2 is 1.96 bits per heavy atom. The lowest BCUT2D eigenvalue weighted by Crippen LogP contribution is -2.03. The first-order valence-electron chi connectivity index (χ1n) is 7.24. The number of H-pyrrole nitrogens is 1. The summed E-state index contributed by atoms with van der Waals surface area (Å²) in [5.41, 5.74) is 3.33. The number of phenols is 1. The van der Waals surface area contributed by atoms with Crippen LogP contribution in [0.15, 0.2) is 42.6 Å². The fourth-order valence-corrected chi connectivity index (χ4v) is 2.87. The number of carbonyl (C=O) groups is 2. The molecule has 118 valence electrons. The van der Waals surface area contributed by atoms with Gasteiger partial charge in [-0.25, -0.2) is 4.79 Å². The van der Waals surface area contributed by atoms with Crippen molar-refractivity contribution in [1.82, 2.24) is 4.98 Å². The largest absolute Gasteiger partial charge is 0.508 e. The molecule has 4 rings (SSSR count). The number of amides is 1. The standard InChI is InChI=1S/C18H12N2O4/c21-11-2-4-16-13(7-11)14(17(22)20-16)6-10-8-19-15-3-1-9(18(23)24)5-12(10)15/h1-8,19,21H,(H,20,22)(H,23,24). The van der Waals surface area contributed by atoms with Crippen LogP contribution in [0.1, 0.15) is 21.5 Å². The first-order valence-corrected chi connectivity index (χ1v) is 7.24. The van der Waals surface area contributed by atoms with Crippen LogP contribution in [0.3, 0.4) is 0 Å². The van der Waals surface area contributed by atoms with Crippen molar-refractivity contribution in [2.45, 2.75) is 0 Å². The fourth-order valence-electron chi connectivity index (χ4n) is 2.87. The van der Waals surface area contributed by atoms with Gasteiger partial charge in [0.1, 0.15) is 5.75 Å². The summed E-state index contributed by atoms with van der Waals surface area (Å²) in [6, 6.07) is 9.45. The minimum absolute atomic E-state index is 0.0724. The summed E-state index contributed by atoms with van der Waals surface area (Å²) in [5.74, 6) is -1.20. The van der Waals surface area contributed by atoms with E-state index in [-0.39, 0.29) is 17.2 Å². The van der Waals surface area contributed by atoms with Gasteiger partial charge in [-0.2, -0.15) is 0 Å². The van der Waals surface area contributed by atoms with Crippen LogP contribution in [-0.4, -0.2) is 27.1 Å². The van der Waals surface area contributed by atoms with Crippen molar-refractivity contribution in [3.8, 4) is 5.75 Å². The maximum atomic E-state index is 12.2. The van der Waals surface area contributed by atoms with Crippen LogP contribution in [0.4, 0.5) is 5.69 Å². The molecule has 0 atom stereocenters. The topological polar surface area (TPSA) is 102 Å². The molecule has 3 aromatic rings. The van der Waals surface area contributed by atoms with E-state index in [0.717, 1.165) is 5.52 Å². The lowest BCUT2D eigenvalue weighted by Gasteiger charge is -2.00. The second kappa shape index (κ2) is 4.99. The second-order valence-corrected chi connectivity index (χ2v) is 5.55. The smallest absolute Gasteiger partial charge is 0.335 e. The summed E-state index contributed by atoms with van der Waals surface area (Å²) in [6.07, 6.45) is 3.41. The molecule has 4 N–H and O–H groups in total. The third kappa shape index (κ3) is 2.13. The van der Waals surface area contributed by atoms with Gasteiger partial charge in [0.05, 0.1) is 5.56 Å². The van der Waals surface area contributed by atoms with Crippen molar-refractivity contribution >= 4 is 40.1 Å². The highest BCUT2D eigenvalue weighted by Gasteiger charge is 2.24. The van der Waals surface area contributed by atoms with Gasteiger partial charge in [-0.1, -0.05) is 0 Å². The highest BCUT2D eigenvalue weighted by molar-refractivity contribution is 6.35. The molecule has 1 aliphatic rings. The highest BCUT2D eigenvalue weighted by atomic mass is 16.4. The Kier molecular flexibility index (Phi) is 2.93. The number of anilines is 1. The normalized spacial score (nSPS) is 14.8. The van der Waals surface area contributed by atoms with Gasteiger partial charge in [-0.05, 0) is 42.5 Å². The Morgan fingerprint density at radius 3 is 2.75 bits per heavy atom. The Hall–Kier alpha value is -3.54. The zero-order chi connectivity index (χ0) is 16.8. The third-order valence-corrected chi connectivity index (χ3v) is 4.05. The molecule has 0 bridgehead atoms. The van der Waals surface area contributed by atoms with E-state index in [9.17, 15) is 14.7 Å². The van der Waals surface area contributed by atoms with E-state index in [4.69, 9.17) is 5.11 Å². The number of carboxylic acids is 1. The molecule has 1 aliphatic heterocycles. The molecule has 24 heavy (non-hydrogen) atoms. The molecule has 0 spiro atoms. The summed E-state index contributed by atoms with van der Waals surface area (Å²) in [5, 5.41) is 22.3. The van der Waals surface area contributed by atoms with E-state index in [0.29, 0.717) is 27.8 Å². The zero-order valence-corrected chi connectivity index (χ0v) is 12.3. The van der Waals surface area contributed by atoms with Crippen molar-refractivity contribution < 1.29 is 19.8 Å². The Balaban J connectivity index is 1.89. The number of aromatic nitrogens is 1. The van der Waals surface area contributed by atoms with Crippen molar-refractivity contribution in [3.05, 3.63) is 59.3 Å². The monoisotopic (exact) mass is 320 g/mol. The van der Waals surface area contributed by atoms with Crippen LogP contribution in [0.25, 0.3) is 22.6 Å². The first-order chi connectivity index (χ1) is 11.5. The molecule has 6 heteroatoms. The molecule has 0 saturated carbocycles. The van der Waals surface area contributed by atoms with E-state index in [1.165, 1.54) is 18.2 Å². The molecule has 2 heterocycles. The van der Waals surface area contributed by atoms with Gasteiger partial charge in [0.15, 0.2) is 0 Å². The van der Waals surface area contributed by atoms with Gasteiger partial charge < -0.3 is 20.5 Å². The molecule has 0 fully saturated rings. The van der Waals surface area contributed by atoms with Crippen LogP contribution >= 0.6 is 0 Å². The first kappa shape index (κ1) is 14.1. The van der Waals surface area contributed by atoms with E-state index in [2.05, 4.69) is 10.3 Å². The van der Waals surface area contributed by atoms with Gasteiger partial charge in [-0.3, -0.25) is 4.79 Å². The quantitative estimate of drug-likeness (QED) is 0.430. The molecule has 0 aliphatic carbocycles. The van der Waals surface area contributed by atoms with Crippen molar-refractivity contribution in [1.29, 1.82) is 0 Å². The fraction of sp³-hybridized carbons (Fsp3) is 0. The number of aromatic hydroxyl groups is 1. The molecular weight excluding hydrogens is 308 g/mol. The number of phenolic OH excluding ortho intramolecular Hbond substituents is 1. The maximum Gasteiger partial charge on any atom is 0.335 e. The molecule has 0 radical (unpaired) electrons. The van der Waals surface area contributed by atoms with Crippen LogP contribution in [0.2, 0.25) is 0 Å². The highest BCUT2D eigenvalue weighted by Crippen LogP contribution is 2.36. The number of aromatic amines is 1. The van der Waals surface area contributed by atoms with Crippen LogP contribution < -0.4 is 5.32 Å². The predicted octanol–water partition coefficient (Wildman–Crippen LogP) is 3.06. The number of nitrogens with one attached hydrogen (secondary N) is 2. The summed E-state index contributed by atoms with van der Waals surface area (Å²) in [6.45, 7) is 0. The molecule has 1 amide bonds. The van der Waals surface area contributed by atoms with Gasteiger partial charge in [0.25, 0.3) is 5.91 Å². The average Bonchev–Trinajstić information content (AvgIpc) is 3.09. The number of carboxylic acid groups (broad SMARTS) is 1. The second-order valence-electron chi connectivity index (χ2n) is 5.55. The number of hydrogen-bond donors (Lipinski definition) is 4. The van der Waals surface area contributed by atoms with E-state index in [1.54, 1.807) is 30.5 Å². The molecule has 0 saturated heterocycles. The third-order valence-electron chi connectivity index (χ3n) is 4.05.